The van der Waals surface area contributed by atoms with Gasteiger partial charge in [0.2, 0.25) is 5.91 Å². The molecule has 0 fully saturated rings. The van der Waals surface area contributed by atoms with Crippen molar-refractivity contribution in [3.05, 3.63) is 28.7 Å². The predicted octanol–water partition coefficient (Wildman–Crippen LogP) is 0.688. The Morgan fingerprint density at radius 1 is 1.56 bits per heavy atom. The van der Waals surface area contributed by atoms with E-state index < -0.39 is 0 Å². The summed E-state index contributed by atoms with van der Waals surface area (Å²) in [6.07, 6.45) is 4.42. The molecule has 0 spiro atoms. The highest BCUT2D eigenvalue weighted by molar-refractivity contribution is 7.98. The van der Waals surface area contributed by atoms with Gasteiger partial charge in [0.15, 0.2) is 0 Å². The van der Waals surface area contributed by atoms with Gasteiger partial charge in [-0.1, -0.05) is 0 Å². The molecule has 0 radical (unpaired) electrons. The summed E-state index contributed by atoms with van der Waals surface area (Å²) in [6, 6.07) is 3.00. The molecule has 0 saturated carbocycles. The zero-order valence-corrected chi connectivity index (χ0v) is 11.5. The van der Waals surface area contributed by atoms with Crippen molar-refractivity contribution in [3.8, 4) is 0 Å². The summed E-state index contributed by atoms with van der Waals surface area (Å²) in [6.45, 7) is 1.96. The van der Waals surface area contributed by atoms with E-state index in [9.17, 15) is 9.59 Å². The lowest BCUT2D eigenvalue weighted by Crippen LogP contribution is -2.37. The number of rotatable bonds is 6. The number of aromatic nitrogens is 1. The molecule has 0 aromatic carbocycles. The van der Waals surface area contributed by atoms with Gasteiger partial charge in [0, 0.05) is 24.0 Å². The van der Waals surface area contributed by atoms with Gasteiger partial charge in [-0.3, -0.25) is 9.59 Å². The van der Waals surface area contributed by atoms with E-state index in [1.165, 1.54) is 22.9 Å². The zero-order chi connectivity index (χ0) is 13.5. The topological polar surface area (TPSA) is 77.1 Å². The number of thioether (sulfide) groups is 1. The van der Waals surface area contributed by atoms with Gasteiger partial charge in [0.25, 0.3) is 5.56 Å². The van der Waals surface area contributed by atoms with Crippen molar-refractivity contribution in [1.82, 2.24) is 9.88 Å². The molecule has 0 aliphatic heterocycles. The number of nitrogens with two attached hydrogens (primary N) is 1. The summed E-state index contributed by atoms with van der Waals surface area (Å²) in [4.78, 5) is 23.2. The SMILES string of the molecule is CSCCC(C)NC(=O)Cn1cc(N)ccc1=O. The number of nitrogens with one attached hydrogen (secondary N) is 1. The fraction of sp³-hybridized carbons (Fsp3) is 0.500. The van der Waals surface area contributed by atoms with Crippen LogP contribution in [0.1, 0.15) is 13.3 Å². The van der Waals surface area contributed by atoms with Gasteiger partial charge in [-0.25, -0.2) is 0 Å². The second-order valence-electron chi connectivity index (χ2n) is 4.18. The molecule has 18 heavy (non-hydrogen) atoms. The quantitative estimate of drug-likeness (QED) is 0.796. The normalized spacial score (nSPS) is 12.1. The highest BCUT2D eigenvalue weighted by atomic mass is 32.2. The second kappa shape index (κ2) is 7.10. The Bertz CT molecular complexity index is 459. The van der Waals surface area contributed by atoms with E-state index in [1.807, 2.05) is 13.2 Å². The van der Waals surface area contributed by atoms with Gasteiger partial charge in [0.05, 0.1) is 0 Å². The van der Waals surface area contributed by atoms with Gasteiger partial charge in [-0.2, -0.15) is 11.8 Å². The Morgan fingerprint density at radius 2 is 2.28 bits per heavy atom. The molecule has 1 rings (SSSR count). The highest BCUT2D eigenvalue weighted by Crippen LogP contribution is 2.00. The standard InChI is InChI=1S/C12H19N3O2S/c1-9(5-6-18-2)14-11(16)8-15-7-10(13)3-4-12(15)17/h3-4,7,9H,5-6,8,13H2,1-2H3,(H,14,16). The van der Waals surface area contributed by atoms with Gasteiger partial charge >= 0.3 is 0 Å². The number of hydrogen-bond donors (Lipinski definition) is 2. The van der Waals surface area contributed by atoms with Crippen molar-refractivity contribution in [3.63, 3.8) is 0 Å². The van der Waals surface area contributed by atoms with Crippen LogP contribution in [0.15, 0.2) is 23.1 Å². The molecule has 0 aliphatic carbocycles. The summed E-state index contributed by atoms with van der Waals surface area (Å²) in [5, 5.41) is 2.86. The Hall–Kier alpha value is -1.43. The van der Waals surface area contributed by atoms with Crippen LogP contribution in [0.25, 0.3) is 0 Å². The summed E-state index contributed by atoms with van der Waals surface area (Å²) < 4.78 is 1.31. The molecule has 1 heterocycles. The van der Waals surface area contributed by atoms with Crippen LogP contribution in [-0.4, -0.2) is 28.5 Å². The minimum atomic E-state index is -0.226. The lowest BCUT2D eigenvalue weighted by atomic mass is 10.2. The first kappa shape index (κ1) is 14.6. The van der Waals surface area contributed by atoms with E-state index in [-0.39, 0.29) is 24.1 Å². The predicted molar refractivity (Wildman–Crippen MR) is 75.7 cm³/mol. The molecular formula is C12H19N3O2S. The fourth-order valence-corrected chi connectivity index (χ4v) is 2.10. The largest absolute Gasteiger partial charge is 0.398 e. The summed E-state index contributed by atoms with van der Waals surface area (Å²) >= 11 is 1.74. The first-order chi connectivity index (χ1) is 8.52. The van der Waals surface area contributed by atoms with Gasteiger partial charge in [0.1, 0.15) is 6.54 Å². The van der Waals surface area contributed by atoms with E-state index in [4.69, 9.17) is 5.73 Å². The third-order valence-corrected chi connectivity index (χ3v) is 3.13. The van der Waals surface area contributed by atoms with E-state index in [2.05, 4.69) is 5.32 Å². The fourth-order valence-electron chi connectivity index (χ4n) is 1.52. The lowest BCUT2D eigenvalue weighted by Gasteiger charge is -2.14. The lowest BCUT2D eigenvalue weighted by molar-refractivity contribution is -0.122. The zero-order valence-electron chi connectivity index (χ0n) is 10.7. The van der Waals surface area contributed by atoms with Crippen molar-refractivity contribution < 1.29 is 4.79 Å². The van der Waals surface area contributed by atoms with Crippen LogP contribution in [0.2, 0.25) is 0 Å². The number of carbonyl (C=O) groups excluding carboxylic acids is 1. The van der Waals surface area contributed by atoms with Crippen molar-refractivity contribution in [1.29, 1.82) is 0 Å². The molecule has 100 valence electrons. The van der Waals surface area contributed by atoms with Crippen LogP contribution in [-0.2, 0) is 11.3 Å². The number of anilines is 1. The van der Waals surface area contributed by atoms with Crippen molar-refractivity contribution >= 4 is 23.4 Å². The van der Waals surface area contributed by atoms with Crippen LogP contribution >= 0.6 is 11.8 Å². The smallest absolute Gasteiger partial charge is 0.251 e. The van der Waals surface area contributed by atoms with E-state index in [0.29, 0.717) is 5.69 Å². The summed E-state index contributed by atoms with van der Waals surface area (Å²) in [5.41, 5.74) is 5.82. The molecule has 0 saturated heterocycles. The third kappa shape index (κ3) is 4.83. The van der Waals surface area contributed by atoms with Gasteiger partial charge in [-0.05, 0) is 31.4 Å². The van der Waals surface area contributed by atoms with Crippen LogP contribution in [0.5, 0.6) is 0 Å². The van der Waals surface area contributed by atoms with Gasteiger partial charge in [-0.15, -0.1) is 0 Å². The molecule has 1 aromatic rings. The second-order valence-corrected chi connectivity index (χ2v) is 5.16. The van der Waals surface area contributed by atoms with Gasteiger partial charge < -0.3 is 15.6 Å². The average molecular weight is 269 g/mol. The molecule has 5 nitrogen and oxygen atoms in total. The number of carbonyl (C=O) groups is 1. The minimum Gasteiger partial charge on any atom is -0.398 e. The van der Waals surface area contributed by atoms with E-state index in [1.54, 1.807) is 11.8 Å². The Morgan fingerprint density at radius 3 is 2.94 bits per heavy atom. The van der Waals surface area contributed by atoms with Crippen LogP contribution < -0.4 is 16.6 Å². The monoisotopic (exact) mass is 269 g/mol. The molecular weight excluding hydrogens is 250 g/mol. The van der Waals surface area contributed by atoms with Crippen LogP contribution in [0, 0.1) is 0 Å². The maximum atomic E-state index is 11.7. The minimum absolute atomic E-state index is 0.00742. The molecule has 1 amide bonds. The first-order valence-electron chi connectivity index (χ1n) is 5.77. The number of pyridine rings is 1. The first-order valence-corrected chi connectivity index (χ1v) is 7.16. The Balaban J connectivity index is 2.54. The molecule has 3 N–H and O–H groups in total. The number of nitrogen functional groups attached to an aromatic ring is 1. The Kier molecular flexibility index (Phi) is 5.77. The molecule has 0 aliphatic rings. The Labute approximate surface area is 111 Å². The molecule has 0 bridgehead atoms. The van der Waals surface area contributed by atoms with E-state index >= 15 is 0 Å². The van der Waals surface area contributed by atoms with Crippen molar-refractivity contribution in [2.75, 3.05) is 17.7 Å². The molecule has 6 heteroatoms. The molecule has 1 unspecified atom stereocenters. The van der Waals surface area contributed by atoms with Crippen LogP contribution in [0.3, 0.4) is 0 Å². The average Bonchev–Trinajstić information content (AvgIpc) is 2.31. The maximum absolute atomic E-state index is 11.7. The van der Waals surface area contributed by atoms with Crippen LogP contribution in [0.4, 0.5) is 5.69 Å². The van der Waals surface area contributed by atoms with Crippen molar-refractivity contribution in [2.45, 2.75) is 25.9 Å². The van der Waals surface area contributed by atoms with Crippen molar-refractivity contribution in [2.24, 2.45) is 0 Å². The number of amides is 1. The summed E-state index contributed by atoms with van der Waals surface area (Å²) in [7, 11) is 0. The van der Waals surface area contributed by atoms with E-state index in [0.717, 1.165) is 12.2 Å². The molecule has 1 aromatic heterocycles. The number of nitrogens with zero attached hydrogens (tertiary/aromatic N) is 1. The molecule has 1 atom stereocenters. The third-order valence-electron chi connectivity index (χ3n) is 2.48. The summed E-state index contributed by atoms with van der Waals surface area (Å²) in [5.74, 6) is 0.830. The maximum Gasteiger partial charge on any atom is 0.251 e. The number of hydrogen-bond acceptors (Lipinski definition) is 4. The highest BCUT2D eigenvalue weighted by Gasteiger charge is 2.08.